The molecule has 110 valence electrons. The van der Waals surface area contributed by atoms with Crippen molar-refractivity contribution in [2.45, 2.75) is 26.2 Å². The second-order valence-electron chi connectivity index (χ2n) is 4.74. The molecular weight excluding hydrogens is 256 g/mol. The molecule has 0 aliphatic heterocycles. The minimum Gasteiger partial charge on any atom is -0.481 e. The lowest BCUT2D eigenvalue weighted by molar-refractivity contribution is -0.138. The van der Waals surface area contributed by atoms with E-state index in [9.17, 15) is 9.59 Å². The van der Waals surface area contributed by atoms with E-state index in [1.165, 1.54) is 5.56 Å². The van der Waals surface area contributed by atoms with Crippen LogP contribution in [0, 0.1) is 5.92 Å². The Hall–Kier alpha value is -2.04. The van der Waals surface area contributed by atoms with Gasteiger partial charge < -0.3 is 15.7 Å². The molecule has 5 heteroatoms. The van der Waals surface area contributed by atoms with E-state index in [0.29, 0.717) is 13.1 Å². The van der Waals surface area contributed by atoms with Crippen LogP contribution in [0.4, 0.5) is 4.79 Å². The molecule has 3 N–H and O–H groups in total. The van der Waals surface area contributed by atoms with Crippen LogP contribution < -0.4 is 10.6 Å². The van der Waals surface area contributed by atoms with Gasteiger partial charge in [0.2, 0.25) is 0 Å². The third-order valence-electron chi connectivity index (χ3n) is 3.13. The molecule has 1 unspecified atom stereocenters. The van der Waals surface area contributed by atoms with Crippen molar-refractivity contribution >= 4 is 12.0 Å². The Kier molecular flexibility index (Phi) is 7.17. The number of carbonyl (C=O) groups is 2. The lowest BCUT2D eigenvalue weighted by Crippen LogP contribution is -2.39. The predicted octanol–water partition coefficient (Wildman–Crippen LogP) is 2.03. The Bertz CT molecular complexity index is 420. The molecule has 20 heavy (non-hydrogen) atoms. The highest BCUT2D eigenvalue weighted by atomic mass is 16.4. The van der Waals surface area contributed by atoms with E-state index in [4.69, 9.17) is 5.11 Å². The number of nitrogens with one attached hydrogen (secondary N) is 2. The highest BCUT2D eigenvalue weighted by Crippen LogP contribution is 2.06. The molecule has 0 bridgehead atoms. The fourth-order valence-corrected chi connectivity index (χ4v) is 1.87. The maximum Gasteiger partial charge on any atom is 0.314 e. The maximum atomic E-state index is 11.6. The summed E-state index contributed by atoms with van der Waals surface area (Å²) in [5.41, 5.74) is 1.17. The maximum absolute atomic E-state index is 11.6. The van der Waals surface area contributed by atoms with Gasteiger partial charge in [0.1, 0.15) is 0 Å². The fraction of sp³-hybridized carbons (Fsp3) is 0.467. The van der Waals surface area contributed by atoms with E-state index in [2.05, 4.69) is 10.6 Å². The number of carbonyl (C=O) groups excluding carboxylic acids is 1. The summed E-state index contributed by atoms with van der Waals surface area (Å²) in [5.74, 6) is -0.851. The van der Waals surface area contributed by atoms with Gasteiger partial charge in [-0.3, -0.25) is 4.79 Å². The number of hydrogen-bond donors (Lipinski definition) is 3. The van der Waals surface area contributed by atoms with E-state index in [0.717, 1.165) is 12.8 Å². The van der Waals surface area contributed by atoms with Gasteiger partial charge in [-0.2, -0.15) is 0 Å². The molecule has 0 spiro atoms. The van der Waals surface area contributed by atoms with Gasteiger partial charge in [-0.25, -0.2) is 4.79 Å². The monoisotopic (exact) mass is 278 g/mol. The van der Waals surface area contributed by atoms with Crippen LogP contribution in [0.25, 0.3) is 0 Å². The van der Waals surface area contributed by atoms with E-state index in [1.807, 2.05) is 37.3 Å². The quantitative estimate of drug-likeness (QED) is 0.681. The van der Waals surface area contributed by atoms with Crippen LogP contribution in [-0.2, 0) is 11.2 Å². The first-order valence-electron chi connectivity index (χ1n) is 6.89. The molecule has 0 aliphatic carbocycles. The Morgan fingerprint density at radius 3 is 2.50 bits per heavy atom. The second kappa shape index (κ2) is 8.96. The van der Waals surface area contributed by atoms with E-state index >= 15 is 0 Å². The second-order valence-corrected chi connectivity index (χ2v) is 4.74. The number of hydrogen-bond acceptors (Lipinski definition) is 2. The van der Waals surface area contributed by atoms with E-state index in [1.54, 1.807) is 0 Å². The highest BCUT2D eigenvalue weighted by molar-refractivity contribution is 5.74. The first-order chi connectivity index (χ1) is 9.61. The summed E-state index contributed by atoms with van der Waals surface area (Å²) >= 11 is 0. The molecule has 1 atom stereocenters. The number of aliphatic carboxylic acids is 1. The van der Waals surface area contributed by atoms with Crippen LogP contribution in [0.5, 0.6) is 0 Å². The zero-order valence-electron chi connectivity index (χ0n) is 11.8. The molecule has 0 saturated carbocycles. The lowest BCUT2D eigenvalue weighted by Gasteiger charge is -2.14. The summed E-state index contributed by atoms with van der Waals surface area (Å²) in [6.07, 6.45) is 1.60. The minimum atomic E-state index is -0.830. The zero-order chi connectivity index (χ0) is 14.8. The standard InChI is InChI=1S/C15H22N2O3/c1-2-12(10-14(18)19)11-17-15(20)16-9-8-13-6-4-3-5-7-13/h3-7,12H,2,8-11H2,1H3,(H,18,19)(H2,16,17,20). The van der Waals surface area contributed by atoms with E-state index in [-0.39, 0.29) is 18.4 Å². The molecule has 0 fully saturated rings. The van der Waals surface area contributed by atoms with Crippen molar-refractivity contribution in [3.63, 3.8) is 0 Å². The van der Waals surface area contributed by atoms with Gasteiger partial charge in [0.25, 0.3) is 0 Å². The molecule has 1 rings (SSSR count). The molecule has 5 nitrogen and oxygen atoms in total. The molecule has 0 saturated heterocycles. The van der Waals surface area contributed by atoms with Gasteiger partial charge in [-0.05, 0) is 17.9 Å². The first-order valence-corrected chi connectivity index (χ1v) is 6.89. The molecule has 1 aromatic carbocycles. The molecular formula is C15H22N2O3. The van der Waals surface area contributed by atoms with Crippen LogP contribution >= 0.6 is 0 Å². The number of urea groups is 1. The minimum absolute atomic E-state index is 0.0210. The zero-order valence-corrected chi connectivity index (χ0v) is 11.8. The van der Waals surface area contributed by atoms with Gasteiger partial charge in [0.05, 0.1) is 0 Å². The Morgan fingerprint density at radius 2 is 1.90 bits per heavy atom. The van der Waals surface area contributed by atoms with Gasteiger partial charge in [0, 0.05) is 19.5 Å². The molecule has 0 aliphatic rings. The van der Waals surface area contributed by atoms with Crippen molar-refractivity contribution in [3.05, 3.63) is 35.9 Å². The molecule has 2 amide bonds. The first kappa shape index (κ1) is 16.0. The number of carboxylic acids is 1. The average molecular weight is 278 g/mol. The van der Waals surface area contributed by atoms with Crippen LogP contribution in [0.3, 0.4) is 0 Å². The van der Waals surface area contributed by atoms with Crippen molar-refractivity contribution in [1.82, 2.24) is 10.6 Å². The molecule has 0 heterocycles. The smallest absolute Gasteiger partial charge is 0.314 e. The van der Waals surface area contributed by atoms with Crippen LogP contribution in [0.2, 0.25) is 0 Å². The van der Waals surface area contributed by atoms with Crippen molar-refractivity contribution < 1.29 is 14.7 Å². The number of carboxylic acid groups (broad SMARTS) is 1. The normalized spacial score (nSPS) is 11.7. The van der Waals surface area contributed by atoms with Crippen LogP contribution in [0.15, 0.2) is 30.3 Å². The van der Waals surface area contributed by atoms with Crippen molar-refractivity contribution in [3.8, 4) is 0 Å². The fourth-order valence-electron chi connectivity index (χ4n) is 1.87. The Morgan fingerprint density at radius 1 is 1.20 bits per heavy atom. The molecule has 0 radical (unpaired) electrons. The number of amides is 2. The van der Waals surface area contributed by atoms with Crippen LogP contribution in [-0.4, -0.2) is 30.2 Å². The summed E-state index contributed by atoms with van der Waals surface area (Å²) in [5, 5.41) is 14.2. The van der Waals surface area contributed by atoms with Gasteiger partial charge in [0.15, 0.2) is 0 Å². The van der Waals surface area contributed by atoms with Crippen LogP contribution in [0.1, 0.15) is 25.3 Å². The Labute approximate surface area is 119 Å². The number of benzene rings is 1. The molecule has 1 aromatic rings. The summed E-state index contributed by atoms with van der Waals surface area (Å²) in [4.78, 5) is 22.2. The van der Waals surface area contributed by atoms with Gasteiger partial charge in [-0.1, -0.05) is 43.7 Å². The average Bonchev–Trinajstić information content (AvgIpc) is 2.44. The van der Waals surface area contributed by atoms with Gasteiger partial charge in [-0.15, -0.1) is 0 Å². The summed E-state index contributed by atoms with van der Waals surface area (Å²) in [6.45, 7) is 2.87. The lowest BCUT2D eigenvalue weighted by atomic mass is 10.0. The SMILES string of the molecule is CCC(CNC(=O)NCCc1ccccc1)CC(=O)O. The third kappa shape index (κ3) is 6.78. The largest absolute Gasteiger partial charge is 0.481 e. The van der Waals surface area contributed by atoms with Gasteiger partial charge >= 0.3 is 12.0 Å². The third-order valence-corrected chi connectivity index (χ3v) is 3.13. The summed E-state index contributed by atoms with van der Waals surface area (Å²) in [6, 6.07) is 9.67. The summed E-state index contributed by atoms with van der Waals surface area (Å²) in [7, 11) is 0. The number of rotatable bonds is 8. The predicted molar refractivity (Wildman–Crippen MR) is 77.6 cm³/mol. The van der Waals surface area contributed by atoms with Crippen molar-refractivity contribution in [2.24, 2.45) is 5.92 Å². The Balaban J connectivity index is 2.18. The van der Waals surface area contributed by atoms with Crippen molar-refractivity contribution in [1.29, 1.82) is 0 Å². The van der Waals surface area contributed by atoms with E-state index < -0.39 is 5.97 Å². The summed E-state index contributed by atoms with van der Waals surface area (Å²) < 4.78 is 0. The molecule has 0 aromatic heterocycles. The highest BCUT2D eigenvalue weighted by Gasteiger charge is 2.12. The topological polar surface area (TPSA) is 78.4 Å². The van der Waals surface area contributed by atoms with Crippen molar-refractivity contribution in [2.75, 3.05) is 13.1 Å².